The molecule has 76 valence electrons. The standard InChI is InChI=1S/C8H11N3O2S/c12-5-3-6(10-4-5)7(13)11-8-9-1-2-14-8/h1-2,5-6,10,12H,3-4H2,(H,9,11,13)/t5-,6+/m0/s1. The molecule has 1 amide bonds. The summed E-state index contributed by atoms with van der Waals surface area (Å²) in [5.74, 6) is -0.128. The molecule has 1 aromatic heterocycles. The van der Waals surface area contributed by atoms with E-state index in [-0.39, 0.29) is 11.9 Å². The van der Waals surface area contributed by atoms with Crippen molar-refractivity contribution in [2.24, 2.45) is 0 Å². The lowest BCUT2D eigenvalue weighted by Crippen LogP contribution is -2.35. The van der Waals surface area contributed by atoms with Gasteiger partial charge in [0.05, 0.1) is 12.1 Å². The van der Waals surface area contributed by atoms with Gasteiger partial charge in [-0.1, -0.05) is 0 Å². The molecule has 3 N–H and O–H groups in total. The molecule has 0 aromatic carbocycles. The lowest BCUT2D eigenvalue weighted by molar-refractivity contribution is -0.117. The molecule has 0 spiro atoms. The fourth-order valence-corrected chi connectivity index (χ4v) is 1.93. The van der Waals surface area contributed by atoms with E-state index < -0.39 is 6.10 Å². The summed E-state index contributed by atoms with van der Waals surface area (Å²) in [5, 5.41) is 17.2. The maximum Gasteiger partial charge on any atom is 0.243 e. The minimum absolute atomic E-state index is 0.128. The van der Waals surface area contributed by atoms with Gasteiger partial charge in [0.2, 0.25) is 5.91 Å². The predicted molar refractivity (Wildman–Crippen MR) is 53.2 cm³/mol. The molecule has 1 saturated heterocycles. The largest absolute Gasteiger partial charge is 0.392 e. The molecule has 2 rings (SSSR count). The van der Waals surface area contributed by atoms with E-state index in [1.807, 2.05) is 0 Å². The van der Waals surface area contributed by atoms with Crippen molar-refractivity contribution in [3.8, 4) is 0 Å². The summed E-state index contributed by atoms with van der Waals surface area (Å²) in [6.45, 7) is 0.482. The zero-order chi connectivity index (χ0) is 9.97. The number of rotatable bonds is 2. The summed E-state index contributed by atoms with van der Waals surface area (Å²) < 4.78 is 0. The van der Waals surface area contributed by atoms with Gasteiger partial charge >= 0.3 is 0 Å². The van der Waals surface area contributed by atoms with Gasteiger partial charge in [0.1, 0.15) is 0 Å². The fourth-order valence-electron chi connectivity index (χ4n) is 1.39. The number of carbonyl (C=O) groups excluding carboxylic acids is 1. The van der Waals surface area contributed by atoms with Crippen molar-refractivity contribution >= 4 is 22.4 Å². The summed E-state index contributed by atoms with van der Waals surface area (Å²) in [6.07, 6.45) is 1.69. The Morgan fingerprint density at radius 3 is 3.21 bits per heavy atom. The Morgan fingerprint density at radius 1 is 1.79 bits per heavy atom. The number of anilines is 1. The van der Waals surface area contributed by atoms with Gasteiger partial charge in [-0.05, 0) is 6.42 Å². The van der Waals surface area contributed by atoms with Crippen LogP contribution in [0.15, 0.2) is 11.6 Å². The van der Waals surface area contributed by atoms with Crippen molar-refractivity contribution in [3.63, 3.8) is 0 Å². The second-order valence-corrected chi connectivity index (χ2v) is 4.07. The van der Waals surface area contributed by atoms with Crippen molar-refractivity contribution in [3.05, 3.63) is 11.6 Å². The van der Waals surface area contributed by atoms with Gasteiger partial charge in [-0.3, -0.25) is 4.79 Å². The molecule has 0 radical (unpaired) electrons. The molecule has 0 bridgehead atoms. The van der Waals surface area contributed by atoms with Crippen LogP contribution >= 0.6 is 11.3 Å². The first-order valence-electron chi connectivity index (χ1n) is 4.37. The highest BCUT2D eigenvalue weighted by molar-refractivity contribution is 7.13. The number of thiazole rings is 1. The van der Waals surface area contributed by atoms with Gasteiger partial charge in [0.15, 0.2) is 5.13 Å². The Hall–Kier alpha value is -0.980. The van der Waals surface area contributed by atoms with Gasteiger partial charge in [0.25, 0.3) is 0 Å². The quantitative estimate of drug-likeness (QED) is 0.636. The van der Waals surface area contributed by atoms with Crippen LogP contribution in [0.4, 0.5) is 5.13 Å². The van der Waals surface area contributed by atoms with Crippen molar-refractivity contribution in [1.82, 2.24) is 10.3 Å². The zero-order valence-corrected chi connectivity index (χ0v) is 8.25. The lowest BCUT2D eigenvalue weighted by atomic mass is 10.2. The van der Waals surface area contributed by atoms with Crippen LogP contribution in [0.3, 0.4) is 0 Å². The zero-order valence-electron chi connectivity index (χ0n) is 7.43. The summed E-state index contributed by atoms with van der Waals surface area (Å²) in [4.78, 5) is 15.5. The van der Waals surface area contributed by atoms with E-state index in [1.165, 1.54) is 11.3 Å². The molecule has 2 atom stereocenters. The molecule has 5 nitrogen and oxygen atoms in total. The van der Waals surface area contributed by atoms with E-state index in [1.54, 1.807) is 11.6 Å². The maximum absolute atomic E-state index is 11.5. The molecule has 1 aliphatic heterocycles. The van der Waals surface area contributed by atoms with E-state index in [2.05, 4.69) is 15.6 Å². The molecular weight excluding hydrogens is 202 g/mol. The molecule has 0 unspecified atom stereocenters. The van der Waals surface area contributed by atoms with E-state index in [9.17, 15) is 9.90 Å². The van der Waals surface area contributed by atoms with Crippen LogP contribution in [0, 0.1) is 0 Å². The first-order valence-corrected chi connectivity index (χ1v) is 5.25. The number of carbonyl (C=O) groups is 1. The fraction of sp³-hybridized carbons (Fsp3) is 0.500. The summed E-state index contributed by atoms with van der Waals surface area (Å²) in [7, 11) is 0. The molecular formula is C8H11N3O2S. The second-order valence-electron chi connectivity index (χ2n) is 3.18. The maximum atomic E-state index is 11.5. The van der Waals surface area contributed by atoms with Gasteiger partial charge in [-0.25, -0.2) is 4.98 Å². The Morgan fingerprint density at radius 2 is 2.64 bits per heavy atom. The van der Waals surface area contributed by atoms with Crippen LogP contribution in [-0.4, -0.2) is 34.7 Å². The second kappa shape index (κ2) is 4.04. The van der Waals surface area contributed by atoms with E-state index in [4.69, 9.17) is 0 Å². The number of β-amino-alcohol motifs (C(OH)–C–C–N with tert-alkyl or cyclic N) is 1. The lowest BCUT2D eigenvalue weighted by Gasteiger charge is -2.08. The van der Waals surface area contributed by atoms with Gasteiger partial charge < -0.3 is 15.7 Å². The Labute approximate surface area is 85.2 Å². The van der Waals surface area contributed by atoms with Crippen molar-refractivity contribution in [2.75, 3.05) is 11.9 Å². The van der Waals surface area contributed by atoms with Crippen LogP contribution in [-0.2, 0) is 4.79 Å². The van der Waals surface area contributed by atoms with E-state index >= 15 is 0 Å². The molecule has 1 aromatic rings. The average molecular weight is 213 g/mol. The molecule has 0 saturated carbocycles. The summed E-state index contributed by atoms with van der Waals surface area (Å²) in [5.41, 5.74) is 0. The number of amides is 1. The number of hydrogen-bond donors (Lipinski definition) is 3. The van der Waals surface area contributed by atoms with Crippen LogP contribution in [0.2, 0.25) is 0 Å². The first kappa shape index (κ1) is 9.57. The Kier molecular flexibility index (Phi) is 2.76. The molecule has 1 aliphatic rings. The highest BCUT2D eigenvalue weighted by atomic mass is 32.1. The number of aromatic nitrogens is 1. The van der Waals surface area contributed by atoms with E-state index in [0.717, 1.165) is 0 Å². The number of aliphatic hydroxyl groups is 1. The molecule has 14 heavy (non-hydrogen) atoms. The third-order valence-electron chi connectivity index (χ3n) is 2.09. The monoisotopic (exact) mass is 213 g/mol. The minimum atomic E-state index is -0.415. The normalized spacial score (nSPS) is 26.4. The molecule has 2 heterocycles. The highest BCUT2D eigenvalue weighted by Crippen LogP contribution is 2.13. The smallest absolute Gasteiger partial charge is 0.243 e. The Balaban J connectivity index is 1.90. The number of nitrogens with zero attached hydrogens (tertiary/aromatic N) is 1. The first-order chi connectivity index (χ1) is 6.75. The number of nitrogens with one attached hydrogen (secondary N) is 2. The van der Waals surface area contributed by atoms with Crippen LogP contribution in [0.25, 0.3) is 0 Å². The van der Waals surface area contributed by atoms with Crippen molar-refractivity contribution < 1.29 is 9.90 Å². The SMILES string of the molecule is O=C(Nc1nccs1)[C@H]1C[C@H](O)CN1. The van der Waals surface area contributed by atoms with Crippen LogP contribution < -0.4 is 10.6 Å². The van der Waals surface area contributed by atoms with Crippen molar-refractivity contribution in [1.29, 1.82) is 0 Å². The van der Waals surface area contributed by atoms with E-state index in [0.29, 0.717) is 18.1 Å². The number of hydrogen-bond acceptors (Lipinski definition) is 5. The Bertz CT molecular complexity index is 314. The van der Waals surface area contributed by atoms with Gasteiger partial charge in [0, 0.05) is 18.1 Å². The molecule has 6 heteroatoms. The number of aliphatic hydroxyl groups excluding tert-OH is 1. The van der Waals surface area contributed by atoms with Gasteiger partial charge in [-0.2, -0.15) is 0 Å². The highest BCUT2D eigenvalue weighted by Gasteiger charge is 2.28. The molecule has 0 aliphatic carbocycles. The predicted octanol–water partition coefficient (Wildman–Crippen LogP) is -0.196. The third kappa shape index (κ3) is 2.09. The summed E-state index contributed by atoms with van der Waals surface area (Å²) in [6, 6.07) is -0.297. The average Bonchev–Trinajstić information content (AvgIpc) is 2.75. The van der Waals surface area contributed by atoms with Crippen molar-refractivity contribution in [2.45, 2.75) is 18.6 Å². The topological polar surface area (TPSA) is 74.2 Å². The van der Waals surface area contributed by atoms with Crippen LogP contribution in [0.1, 0.15) is 6.42 Å². The van der Waals surface area contributed by atoms with Gasteiger partial charge in [-0.15, -0.1) is 11.3 Å². The third-order valence-corrected chi connectivity index (χ3v) is 2.78. The van der Waals surface area contributed by atoms with Crippen LogP contribution in [0.5, 0.6) is 0 Å². The minimum Gasteiger partial charge on any atom is -0.392 e. The summed E-state index contributed by atoms with van der Waals surface area (Å²) >= 11 is 1.38. The molecule has 1 fully saturated rings.